The molecule has 24 heteroatoms. The molecule has 0 bridgehead atoms. The van der Waals surface area contributed by atoms with Crippen molar-refractivity contribution < 1.29 is 82.8 Å². The lowest BCUT2D eigenvalue weighted by Crippen LogP contribution is -2.61. The summed E-state index contributed by atoms with van der Waals surface area (Å²) in [5.41, 5.74) is 2.28. The van der Waals surface area contributed by atoms with Crippen LogP contribution in [0.3, 0.4) is 0 Å². The molecule has 2 aromatic heterocycles. The molecule has 1 saturated heterocycles. The number of aliphatic hydroxyl groups is 4. The van der Waals surface area contributed by atoms with Crippen LogP contribution in [0.25, 0.3) is 22.3 Å². The number of cyclic esters (lactones) is 1. The highest BCUT2D eigenvalue weighted by Crippen LogP contribution is 2.42. The minimum atomic E-state index is -2.04. The van der Waals surface area contributed by atoms with E-state index in [9.17, 15) is 63.9 Å². The largest absolute Gasteiger partial charge is 0.479 e. The molecule has 9 rings (SSSR count). The quantitative estimate of drug-likeness (QED) is 0.0487. The number of carbonyl (C=O) groups excluding carboxylic acids is 6. The summed E-state index contributed by atoms with van der Waals surface area (Å²) >= 11 is 0. The number of benzene rings is 2. The molecule has 0 radical (unpaired) electrons. The van der Waals surface area contributed by atoms with Crippen molar-refractivity contribution >= 4 is 58.3 Å². The van der Waals surface area contributed by atoms with Gasteiger partial charge in [-0.05, 0) is 52.9 Å². The highest BCUT2D eigenvalue weighted by molar-refractivity contribution is 6.13. The average Bonchev–Trinajstić information content (AvgIpc) is 4.07. The van der Waals surface area contributed by atoms with E-state index in [2.05, 4.69) is 16.0 Å². The number of hydrogen-bond donors (Lipinski definition) is 8. The summed E-state index contributed by atoms with van der Waals surface area (Å²) in [7, 11) is 0. The number of nitrogens with one attached hydrogen (secondary N) is 3. The molecule has 0 spiro atoms. The normalized spacial score (nSPS) is 22.9. The second-order valence-electron chi connectivity index (χ2n) is 17.3. The lowest BCUT2D eigenvalue weighted by atomic mass is 9.86. The summed E-state index contributed by atoms with van der Waals surface area (Å²) in [6.07, 6.45) is -9.14. The Balaban J connectivity index is 0.923. The van der Waals surface area contributed by atoms with Crippen LogP contribution < -0.4 is 26.2 Å². The van der Waals surface area contributed by atoms with Crippen molar-refractivity contribution in [1.82, 2.24) is 25.1 Å². The monoisotopic (exact) mass is 982 g/mol. The third-order valence-corrected chi connectivity index (χ3v) is 13.0. The number of carbonyl (C=O) groups is 7. The Morgan fingerprint density at radius 2 is 1.66 bits per heavy atom. The Morgan fingerprint density at radius 3 is 2.41 bits per heavy atom. The Labute approximate surface area is 400 Å². The number of carboxylic acids is 1. The molecule has 71 heavy (non-hydrogen) atoms. The number of aliphatic carboxylic acids is 1. The molecule has 24 nitrogen and oxygen atoms in total. The average molecular weight is 983 g/mol. The number of aliphatic hydroxyl groups excluding tert-OH is 3. The van der Waals surface area contributed by atoms with Crippen molar-refractivity contribution in [2.24, 2.45) is 0 Å². The van der Waals surface area contributed by atoms with Crippen molar-refractivity contribution in [3.05, 3.63) is 97.8 Å². The summed E-state index contributed by atoms with van der Waals surface area (Å²) in [6, 6.07) is 9.32. The fraction of sp³-hybridized carbons (Fsp3) is 0.383. The second kappa shape index (κ2) is 19.3. The van der Waals surface area contributed by atoms with Crippen molar-refractivity contribution in [1.29, 1.82) is 0 Å². The van der Waals surface area contributed by atoms with Gasteiger partial charge in [-0.2, -0.15) is 0 Å². The molecule has 5 aliphatic heterocycles. The summed E-state index contributed by atoms with van der Waals surface area (Å²) in [6.45, 7) is 1.08. The van der Waals surface area contributed by atoms with Gasteiger partial charge in [-0.15, -0.1) is 0 Å². The van der Waals surface area contributed by atoms with Crippen molar-refractivity contribution in [3.8, 4) is 17.1 Å². The molecule has 1 fully saturated rings. The SMILES string of the molecule is CC[C@@]1(O)C(=O)OCc2c1cc1n(c2=O)Cc2c-1nc1ccc3c(c1c2CNC(=O)OCc1ccc(O[C@@H]2O[C@H](C(=O)O)[C@@H](O)[C@H](O)[C@H]2O)c(NC(=O)CCNC(=O)CCN2C(=O)C=CC2=O)c1)COC3. The predicted octanol–water partition coefficient (Wildman–Crippen LogP) is -0.433. The van der Waals surface area contributed by atoms with Crippen molar-refractivity contribution in [2.75, 3.05) is 18.4 Å². The molecule has 4 aromatic rings. The van der Waals surface area contributed by atoms with Crippen LogP contribution in [0.15, 0.2) is 53.3 Å². The number of anilines is 1. The molecule has 6 atom stereocenters. The number of esters is 1. The van der Waals surface area contributed by atoms with E-state index >= 15 is 0 Å². The number of rotatable bonds is 15. The number of aromatic nitrogens is 2. The maximum absolute atomic E-state index is 14.0. The van der Waals surface area contributed by atoms with E-state index in [1.165, 1.54) is 22.8 Å². The Hall–Kier alpha value is -7.61. The van der Waals surface area contributed by atoms with Crippen molar-refractivity contribution in [2.45, 2.75) is 102 Å². The van der Waals surface area contributed by atoms with Crippen LogP contribution in [0.1, 0.15) is 65.1 Å². The van der Waals surface area contributed by atoms with Crippen LogP contribution in [-0.2, 0) is 92.8 Å². The molecule has 5 aliphatic rings. The minimum Gasteiger partial charge on any atom is -0.479 e. The molecule has 372 valence electrons. The standard InChI is InChI=1S/C47H46N6O18/c1-2-47(66)27-14-30-37-24(16-53(30)42(61)26(27)20-68-45(47)64)23(36-25-19-67-18-22(25)4-5-28(36)51-37)15-49-46(65)69-17-21-3-6-31(70-44-40(60)38(58)39(59)41(71-44)43(62)63)29(13-21)50-33(55)9-11-48-32(54)10-12-52-34(56)7-8-35(52)57/h3-8,13-14,38-41,44,58-60,66H,2,9-12,15-20H2,1H3,(H,48,54)(H,49,65)(H,50,55)(H,62,63)/t38-,39-,40+,41-,44+,47-/m0/s1. The highest BCUT2D eigenvalue weighted by Gasteiger charge is 2.49. The molecule has 2 aromatic carbocycles. The zero-order chi connectivity index (χ0) is 50.5. The van der Waals surface area contributed by atoms with E-state index in [1.54, 1.807) is 13.0 Å². The zero-order valence-corrected chi connectivity index (χ0v) is 37.7. The molecule has 7 heterocycles. The third-order valence-electron chi connectivity index (χ3n) is 13.0. The molecule has 0 saturated carbocycles. The van der Waals surface area contributed by atoms with Gasteiger partial charge < -0.3 is 69.7 Å². The van der Waals surface area contributed by atoms with Gasteiger partial charge in [0.25, 0.3) is 17.4 Å². The second-order valence-corrected chi connectivity index (χ2v) is 17.3. The Morgan fingerprint density at radius 1 is 0.887 bits per heavy atom. The molecular formula is C47H46N6O18. The topological polar surface area (TPSA) is 341 Å². The zero-order valence-electron chi connectivity index (χ0n) is 37.7. The molecule has 8 N–H and O–H groups in total. The van der Waals surface area contributed by atoms with Gasteiger partial charge in [0.15, 0.2) is 11.7 Å². The number of imide groups is 1. The Kier molecular flexibility index (Phi) is 13.2. The van der Waals surface area contributed by atoms with Gasteiger partial charge in [0, 0.05) is 61.1 Å². The fourth-order valence-electron chi connectivity index (χ4n) is 9.13. The molecule has 0 unspecified atom stereocenters. The number of pyridine rings is 2. The van der Waals surface area contributed by atoms with Gasteiger partial charge in [-0.1, -0.05) is 19.1 Å². The predicted molar refractivity (Wildman–Crippen MR) is 238 cm³/mol. The first kappa shape index (κ1) is 48.4. The van der Waals surface area contributed by atoms with Gasteiger partial charge in [-0.25, -0.2) is 19.4 Å². The number of alkyl carbamates (subject to hydrolysis) is 1. The van der Waals surface area contributed by atoms with Gasteiger partial charge in [0.2, 0.25) is 18.1 Å². The lowest BCUT2D eigenvalue weighted by molar-refractivity contribution is -0.271. The van der Waals surface area contributed by atoms with Crippen LogP contribution in [0.4, 0.5) is 10.5 Å². The summed E-state index contributed by atoms with van der Waals surface area (Å²) in [5, 5.41) is 60.7. The van der Waals surface area contributed by atoms with E-state index in [0.717, 1.165) is 28.2 Å². The third kappa shape index (κ3) is 9.07. The smallest absolute Gasteiger partial charge is 0.407 e. The fourth-order valence-corrected chi connectivity index (χ4v) is 9.13. The van der Waals surface area contributed by atoms with E-state index in [-0.39, 0.29) is 86.8 Å². The van der Waals surface area contributed by atoms with Crippen LogP contribution in [-0.4, -0.2) is 125 Å². The number of fused-ring (bicyclic) bond motifs is 7. The van der Waals surface area contributed by atoms with Gasteiger partial charge in [-0.3, -0.25) is 28.9 Å². The van der Waals surface area contributed by atoms with Gasteiger partial charge in [0.05, 0.1) is 47.9 Å². The van der Waals surface area contributed by atoms with Crippen LogP contribution in [0.5, 0.6) is 5.75 Å². The summed E-state index contributed by atoms with van der Waals surface area (Å²) < 4.78 is 29.1. The first-order chi connectivity index (χ1) is 34.0. The van der Waals surface area contributed by atoms with E-state index < -0.39 is 90.1 Å². The number of carboxylic acid groups (broad SMARTS) is 1. The van der Waals surface area contributed by atoms with Crippen LogP contribution >= 0.6 is 0 Å². The first-order valence-corrected chi connectivity index (χ1v) is 22.4. The maximum Gasteiger partial charge on any atom is 0.407 e. The number of hydrogen-bond acceptors (Lipinski definition) is 18. The minimum absolute atomic E-state index is 0.0423. The number of nitrogens with zero attached hydrogens (tertiary/aromatic N) is 3. The highest BCUT2D eigenvalue weighted by atomic mass is 16.7. The Bertz CT molecular complexity index is 3010. The summed E-state index contributed by atoms with van der Waals surface area (Å²) in [5.74, 6) is -5.09. The summed E-state index contributed by atoms with van der Waals surface area (Å²) in [4.78, 5) is 107. The molecule has 5 amide bonds. The lowest BCUT2D eigenvalue weighted by Gasteiger charge is -2.38. The molecular weight excluding hydrogens is 937 g/mol. The van der Waals surface area contributed by atoms with Gasteiger partial charge in [0.1, 0.15) is 37.3 Å². The maximum atomic E-state index is 14.0. The first-order valence-electron chi connectivity index (χ1n) is 22.4. The number of amides is 5. The van der Waals surface area contributed by atoms with E-state index in [0.29, 0.717) is 40.0 Å². The van der Waals surface area contributed by atoms with Crippen LogP contribution in [0, 0.1) is 0 Å². The van der Waals surface area contributed by atoms with E-state index in [4.69, 9.17) is 28.7 Å². The van der Waals surface area contributed by atoms with E-state index in [1.807, 2.05) is 12.1 Å². The number of ether oxygens (including phenoxy) is 5. The molecule has 0 aliphatic carbocycles. The van der Waals surface area contributed by atoms with Crippen LogP contribution in [0.2, 0.25) is 0 Å². The van der Waals surface area contributed by atoms with Crippen molar-refractivity contribution in [3.63, 3.8) is 0 Å². The van der Waals surface area contributed by atoms with Gasteiger partial charge >= 0.3 is 18.0 Å².